The molecule has 0 amide bonds. The zero-order valence-corrected chi connectivity index (χ0v) is 10.2. The third kappa shape index (κ3) is 2.29. The van der Waals surface area contributed by atoms with Crippen LogP contribution in [-0.4, -0.2) is 17.6 Å². The summed E-state index contributed by atoms with van der Waals surface area (Å²) in [4.78, 5) is 11.6. The molecule has 0 saturated carbocycles. The monoisotopic (exact) mass is 220 g/mol. The molecule has 0 bridgehead atoms. The van der Waals surface area contributed by atoms with E-state index in [1.165, 1.54) is 5.30 Å². The Labute approximate surface area is 92.6 Å². The van der Waals surface area contributed by atoms with Crippen LogP contribution >= 0.6 is 7.92 Å². The van der Waals surface area contributed by atoms with Crippen LogP contribution in [0.25, 0.3) is 0 Å². The van der Waals surface area contributed by atoms with E-state index in [0.29, 0.717) is 11.4 Å². The predicted molar refractivity (Wildman–Crippen MR) is 66.1 cm³/mol. The topological polar surface area (TPSA) is 17.1 Å². The van der Waals surface area contributed by atoms with Crippen molar-refractivity contribution < 1.29 is 4.79 Å². The van der Waals surface area contributed by atoms with Crippen molar-refractivity contribution in [2.75, 3.05) is 6.16 Å². The van der Waals surface area contributed by atoms with E-state index in [1.54, 1.807) is 0 Å². The van der Waals surface area contributed by atoms with Gasteiger partial charge >= 0.3 is 0 Å². The van der Waals surface area contributed by atoms with Crippen LogP contribution in [0.3, 0.4) is 0 Å². The van der Waals surface area contributed by atoms with Gasteiger partial charge in [0.05, 0.1) is 0 Å². The number of hydrogen-bond donors (Lipinski definition) is 0. The zero-order valence-electron chi connectivity index (χ0n) is 9.31. The first-order valence-electron chi connectivity index (χ1n) is 5.53. The average Bonchev–Trinajstić information content (AvgIpc) is 2.25. The van der Waals surface area contributed by atoms with E-state index in [4.69, 9.17) is 0 Å². The van der Waals surface area contributed by atoms with Gasteiger partial charge in [-0.2, -0.15) is 0 Å². The second-order valence-electron chi connectivity index (χ2n) is 4.41. The zero-order chi connectivity index (χ0) is 10.8. The summed E-state index contributed by atoms with van der Waals surface area (Å²) in [6.45, 7) is 4.30. The first-order chi connectivity index (χ1) is 7.18. The van der Waals surface area contributed by atoms with Gasteiger partial charge in [0.2, 0.25) is 0 Å². The number of rotatable bonds is 1. The van der Waals surface area contributed by atoms with E-state index in [1.807, 2.05) is 0 Å². The minimum absolute atomic E-state index is 0.115. The fraction of sp³-hybridized carbons (Fsp3) is 0.462. The minimum Gasteiger partial charge on any atom is -0.299 e. The van der Waals surface area contributed by atoms with Crippen molar-refractivity contribution in [1.82, 2.24) is 0 Å². The van der Waals surface area contributed by atoms with Gasteiger partial charge in [0, 0.05) is 12.3 Å². The van der Waals surface area contributed by atoms with Crippen molar-refractivity contribution in [3.8, 4) is 0 Å². The lowest BCUT2D eigenvalue weighted by Gasteiger charge is -2.32. The highest BCUT2D eigenvalue weighted by atomic mass is 31.1. The molecule has 0 spiro atoms. The Morgan fingerprint density at radius 1 is 1.20 bits per heavy atom. The lowest BCUT2D eigenvalue weighted by atomic mass is 10.0. The molecule has 1 aromatic rings. The maximum atomic E-state index is 11.6. The number of ketones is 1. The molecule has 15 heavy (non-hydrogen) atoms. The Hall–Kier alpha value is -0.680. The fourth-order valence-electron chi connectivity index (χ4n) is 2.16. The Morgan fingerprint density at radius 3 is 2.53 bits per heavy atom. The summed E-state index contributed by atoms with van der Waals surface area (Å²) in [6.07, 6.45) is 1.86. The van der Waals surface area contributed by atoms with E-state index in [-0.39, 0.29) is 13.8 Å². The van der Waals surface area contributed by atoms with Crippen molar-refractivity contribution in [2.45, 2.75) is 25.9 Å². The number of hydrogen-bond acceptors (Lipinski definition) is 1. The molecule has 2 heteroatoms. The van der Waals surface area contributed by atoms with Gasteiger partial charge < -0.3 is 0 Å². The second kappa shape index (κ2) is 4.45. The molecule has 2 rings (SSSR count). The van der Waals surface area contributed by atoms with Crippen molar-refractivity contribution >= 4 is 19.0 Å². The summed E-state index contributed by atoms with van der Waals surface area (Å²) >= 11 is 0. The van der Waals surface area contributed by atoms with Crippen LogP contribution in [0.5, 0.6) is 0 Å². The van der Waals surface area contributed by atoms with E-state index in [9.17, 15) is 4.79 Å². The van der Waals surface area contributed by atoms with Crippen LogP contribution in [0.1, 0.15) is 20.3 Å². The van der Waals surface area contributed by atoms with Crippen LogP contribution in [0.4, 0.5) is 0 Å². The molecule has 1 aliphatic heterocycles. The molecule has 0 aromatic heterocycles. The van der Waals surface area contributed by atoms with Crippen LogP contribution in [0.15, 0.2) is 30.3 Å². The third-order valence-electron chi connectivity index (χ3n) is 3.14. The summed E-state index contributed by atoms with van der Waals surface area (Å²) in [7, 11) is -0.115. The van der Waals surface area contributed by atoms with Gasteiger partial charge in [-0.3, -0.25) is 4.79 Å². The van der Waals surface area contributed by atoms with Gasteiger partial charge in [-0.15, -0.1) is 0 Å². The Kier molecular flexibility index (Phi) is 3.21. The van der Waals surface area contributed by atoms with Crippen molar-refractivity contribution in [3.63, 3.8) is 0 Å². The summed E-state index contributed by atoms with van der Waals surface area (Å²) < 4.78 is 0. The van der Waals surface area contributed by atoms with Gasteiger partial charge in [0.25, 0.3) is 0 Å². The molecule has 1 aromatic carbocycles. The summed E-state index contributed by atoms with van der Waals surface area (Å²) in [5.74, 6) is 0.727. The van der Waals surface area contributed by atoms with Crippen molar-refractivity contribution in [3.05, 3.63) is 30.3 Å². The van der Waals surface area contributed by atoms with E-state index in [0.717, 1.165) is 12.6 Å². The van der Waals surface area contributed by atoms with Gasteiger partial charge in [0.15, 0.2) is 0 Å². The Balaban J connectivity index is 2.20. The average molecular weight is 220 g/mol. The van der Waals surface area contributed by atoms with E-state index < -0.39 is 0 Å². The van der Waals surface area contributed by atoms with E-state index >= 15 is 0 Å². The van der Waals surface area contributed by atoms with Crippen LogP contribution in [-0.2, 0) is 4.79 Å². The quantitative estimate of drug-likeness (QED) is 0.665. The van der Waals surface area contributed by atoms with Gasteiger partial charge in [-0.1, -0.05) is 52.1 Å². The van der Waals surface area contributed by atoms with Gasteiger partial charge in [-0.05, 0) is 17.1 Å². The normalized spacial score (nSPS) is 31.6. The molecule has 3 atom stereocenters. The highest BCUT2D eigenvalue weighted by molar-refractivity contribution is 7.66. The Morgan fingerprint density at radius 2 is 1.87 bits per heavy atom. The van der Waals surface area contributed by atoms with Gasteiger partial charge in [0.1, 0.15) is 5.78 Å². The molecule has 3 unspecified atom stereocenters. The first-order valence-corrected chi connectivity index (χ1v) is 7.12. The number of carbonyl (C=O) groups excluding carboxylic acids is 1. The van der Waals surface area contributed by atoms with Crippen molar-refractivity contribution in [1.29, 1.82) is 0 Å². The fourth-order valence-corrected chi connectivity index (χ4v) is 4.99. The maximum absolute atomic E-state index is 11.6. The smallest absolute Gasteiger partial charge is 0.136 e. The highest BCUT2D eigenvalue weighted by Crippen LogP contribution is 2.47. The lowest BCUT2D eigenvalue weighted by molar-refractivity contribution is -0.122. The molecule has 0 radical (unpaired) electrons. The molecule has 0 N–H and O–H groups in total. The van der Waals surface area contributed by atoms with E-state index in [2.05, 4.69) is 44.2 Å². The minimum atomic E-state index is -0.115. The second-order valence-corrected chi connectivity index (χ2v) is 7.11. The van der Waals surface area contributed by atoms with Crippen LogP contribution in [0, 0.1) is 5.92 Å². The summed E-state index contributed by atoms with van der Waals surface area (Å²) in [5, 5.41) is 1.46. The molecular weight excluding hydrogens is 203 g/mol. The summed E-state index contributed by atoms with van der Waals surface area (Å²) in [5.41, 5.74) is 0.561. The Bertz CT molecular complexity index is 347. The lowest BCUT2D eigenvalue weighted by Crippen LogP contribution is -2.29. The molecule has 0 aliphatic carbocycles. The molecule has 1 nitrogen and oxygen atoms in total. The number of Topliss-reactive ketones (excluding diaryl/α,β-unsaturated/α-hetero) is 1. The number of carbonyl (C=O) groups is 1. The molecule has 1 fully saturated rings. The molecule has 1 saturated heterocycles. The van der Waals surface area contributed by atoms with Crippen LogP contribution in [0.2, 0.25) is 0 Å². The predicted octanol–water partition coefficient (Wildman–Crippen LogP) is 2.79. The molecular formula is C13H17OP. The standard InChI is InChI=1S/C13H17OP/c1-10-9-15(11(2)8-13(10)14)12-6-4-3-5-7-12/h3-7,10-11H,8-9H2,1-2H3. The maximum Gasteiger partial charge on any atom is 0.136 e. The largest absolute Gasteiger partial charge is 0.299 e. The van der Waals surface area contributed by atoms with Gasteiger partial charge in [-0.25, -0.2) is 0 Å². The third-order valence-corrected chi connectivity index (χ3v) is 6.29. The molecule has 1 heterocycles. The number of benzene rings is 1. The molecule has 1 aliphatic rings. The van der Waals surface area contributed by atoms with Crippen molar-refractivity contribution in [2.24, 2.45) is 5.92 Å². The molecule has 80 valence electrons. The van der Waals surface area contributed by atoms with Crippen LogP contribution < -0.4 is 5.30 Å². The SMILES string of the molecule is CC1CP(c2ccccc2)C(C)CC1=O. The summed E-state index contributed by atoms with van der Waals surface area (Å²) in [6, 6.07) is 10.7. The first kappa shape index (κ1) is 10.8. The highest BCUT2D eigenvalue weighted by Gasteiger charge is 2.31.